The van der Waals surface area contributed by atoms with Crippen molar-refractivity contribution in [2.45, 2.75) is 211 Å². The minimum absolute atomic E-state index is 0.208. The summed E-state index contributed by atoms with van der Waals surface area (Å²) in [5.74, 6) is -1.61. The zero-order valence-electron chi connectivity index (χ0n) is 45.4. The van der Waals surface area contributed by atoms with Gasteiger partial charge < -0.3 is 46.1 Å². The van der Waals surface area contributed by atoms with Crippen molar-refractivity contribution in [2.75, 3.05) is 19.8 Å². The Kier molecular flexibility index (Phi) is 30.8. The number of urea groups is 3. The van der Waals surface area contributed by atoms with E-state index < -0.39 is 72.3 Å². The van der Waals surface area contributed by atoms with E-state index >= 15 is 0 Å². The van der Waals surface area contributed by atoms with E-state index in [1.54, 1.807) is 0 Å². The van der Waals surface area contributed by atoms with Crippen LogP contribution in [0.2, 0.25) is 0 Å². The van der Waals surface area contributed by atoms with Crippen LogP contribution in [0.3, 0.4) is 0 Å². The monoisotopic (exact) mass is 1040 g/mol. The highest BCUT2D eigenvalue weighted by Crippen LogP contribution is 2.21. The maximum atomic E-state index is 14.0. The average molecular weight is 1040 g/mol. The van der Waals surface area contributed by atoms with Crippen LogP contribution < -0.4 is 31.9 Å². The quantitative estimate of drug-likeness (QED) is 0.0186. The summed E-state index contributed by atoms with van der Waals surface area (Å²) in [4.78, 5) is 82.6. The highest BCUT2D eigenvalue weighted by Gasteiger charge is 2.35. The Labute approximate surface area is 447 Å². The van der Waals surface area contributed by atoms with Gasteiger partial charge in [-0.05, 0) is 55.2 Å². The van der Waals surface area contributed by atoms with Gasteiger partial charge in [-0.3, -0.25) is 0 Å². The largest absolute Gasteiger partial charge is 0.464 e. The first kappa shape index (κ1) is 61.4. The highest BCUT2D eigenvalue weighted by atomic mass is 16.5. The van der Waals surface area contributed by atoms with Crippen LogP contribution in [0.15, 0.2) is 91.0 Å². The van der Waals surface area contributed by atoms with Crippen LogP contribution in [-0.4, -0.2) is 92.1 Å². The fourth-order valence-electron chi connectivity index (χ4n) is 9.42. The molecule has 0 spiro atoms. The van der Waals surface area contributed by atoms with E-state index in [0.29, 0.717) is 0 Å². The van der Waals surface area contributed by atoms with Crippen LogP contribution >= 0.6 is 0 Å². The molecule has 1 fully saturated rings. The SMILES string of the molecule is CCCCCCCCOC(=O)[C@H](Cc1ccccc1)NC(=O)NC1CC(NC(=O)N[C@@H](Cc2ccccc2)C(=O)OCCCCCCCC)CC(NC(=O)N[C@@H](Cc2ccccc2)C(=O)OCCCCCCCC)C1. The third-order valence-corrected chi connectivity index (χ3v) is 13.6. The summed E-state index contributed by atoms with van der Waals surface area (Å²) < 4.78 is 17.1. The molecule has 414 valence electrons. The van der Waals surface area contributed by atoms with E-state index in [4.69, 9.17) is 14.2 Å². The Bertz CT molecular complexity index is 1820. The highest BCUT2D eigenvalue weighted by molar-refractivity contribution is 5.86. The number of hydrogen-bond acceptors (Lipinski definition) is 9. The van der Waals surface area contributed by atoms with E-state index in [2.05, 4.69) is 52.7 Å². The van der Waals surface area contributed by atoms with Crippen molar-refractivity contribution < 1.29 is 43.0 Å². The van der Waals surface area contributed by atoms with Gasteiger partial charge in [0.15, 0.2) is 0 Å². The molecule has 3 atom stereocenters. The lowest BCUT2D eigenvalue weighted by atomic mass is 9.87. The number of hydrogen-bond donors (Lipinski definition) is 6. The minimum atomic E-state index is -0.986. The Morgan fingerprint density at radius 3 is 0.867 bits per heavy atom. The van der Waals surface area contributed by atoms with Crippen molar-refractivity contribution in [3.63, 3.8) is 0 Å². The molecule has 0 saturated heterocycles. The van der Waals surface area contributed by atoms with Gasteiger partial charge in [-0.1, -0.05) is 208 Å². The molecule has 0 heterocycles. The lowest BCUT2D eigenvalue weighted by Crippen LogP contribution is -2.59. The normalized spacial score (nSPS) is 16.3. The molecule has 0 aliphatic heterocycles. The number of benzene rings is 3. The molecule has 15 nitrogen and oxygen atoms in total. The average Bonchev–Trinajstić information content (AvgIpc) is 3.40. The molecule has 4 rings (SSSR count). The van der Waals surface area contributed by atoms with Gasteiger partial charge in [0.05, 0.1) is 19.8 Å². The maximum Gasteiger partial charge on any atom is 0.329 e. The third-order valence-electron chi connectivity index (χ3n) is 13.6. The third kappa shape index (κ3) is 26.8. The van der Waals surface area contributed by atoms with E-state index in [0.717, 1.165) is 113 Å². The lowest BCUT2D eigenvalue weighted by molar-refractivity contribution is -0.146. The van der Waals surface area contributed by atoms with Crippen LogP contribution in [-0.2, 0) is 47.9 Å². The molecule has 1 aliphatic rings. The Hall–Kier alpha value is -6.12. The van der Waals surface area contributed by atoms with Gasteiger partial charge in [-0.25, -0.2) is 28.8 Å². The fourth-order valence-corrected chi connectivity index (χ4v) is 9.42. The zero-order valence-corrected chi connectivity index (χ0v) is 45.4. The van der Waals surface area contributed by atoms with Crippen molar-refractivity contribution in [3.8, 4) is 0 Å². The Balaban J connectivity index is 1.49. The van der Waals surface area contributed by atoms with Gasteiger partial charge in [-0.2, -0.15) is 0 Å². The van der Waals surface area contributed by atoms with Crippen molar-refractivity contribution in [1.29, 1.82) is 0 Å². The molecule has 1 saturated carbocycles. The van der Waals surface area contributed by atoms with Crippen LogP contribution in [0.25, 0.3) is 0 Å². The standard InChI is InChI=1S/C60H90N6O9/c1-4-7-10-13-16-28-37-73-55(67)52(40-46-31-22-19-23-32-46)64-58(70)61-49-43-50(62-59(71)65-53(41-47-33-24-20-25-34-47)56(68)74-38-29-17-14-11-8-5-2)45-51(44-49)63-60(72)66-54(42-48-35-26-21-27-36-48)57(69)75-39-30-18-15-12-9-6-3/h19-27,31-36,49-54H,4-18,28-30,37-45H2,1-3H3,(H2,61,64,70)(H2,62,65,71)(H2,63,66,72)/t49?,50?,51?,52-,53-,54-/m0/s1. The first-order valence-corrected chi connectivity index (χ1v) is 28.4. The van der Waals surface area contributed by atoms with Gasteiger partial charge in [-0.15, -0.1) is 0 Å². The summed E-state index contributed by atoms with van der Waals surface area (Å²) in [7, 11) is 0. The molecule has 0 aromatic heterocycles. The van der Waals surface area contributed by atoms with Crippen molar-refractivity contribution in [3.05, 3.63) is 108 Å². The number of carbonyl (C=O) groups is 6. The van der Waals surface area contributed by atoms with Gasteiger partial charge in [0, 0.05) is 37.4 Å². The predicted molar refractivity (Wildman–Crippen MR) is 295 cm³/mol. The van der Waals surface area contributed by atoms with E-state index in [1.807, 2.05) is 91.0 Å². The number of rotatable bonds is 36. The Morgan fingerprint density at radius 2 is 0.613 bits per heavy atom. The second kappa shape index (κ2) is 37.6. The molecule has 6 amide bonds. The molecular formula is C60H90N6O9. The first-order chi connectivity index (χ1) is 36.6. The molecule has 6 N–H and O–H groups in total. The van der Waals surface area contributed by atoms with Crippen LogP contribution in [0.1, 0.15) is 172 Å². The van der Waals surface area contributed by atoms with Gasteiger partial charge in [0.1, 0.15) is 18.1 Å². The second-order valence-corrected chi connectivity index (χ2v) is 20.2. The van der Waals surface area contributed by atoms with Crippen molar-refractivity contribution >= 4 is 36.0 Å². The van der Waals surface area contributed by atoms with Crippen LogP contribution in [0.4, 0.5) is 14.4 Å². The summed E-state index contributed by atoms with van der Waals surface area (Å²) in [6.07, 6.45) is 20.0. The number of unbranched alkanes of at least 4 members (excludes halogenated alkanes) is 15. The Morgan fingerprint density at radius 1 is 0.373 bits per heavy atom. The van der Waals surface area contributed by atoms with Gasteiger partial charge in [0.25, 0.3) is 0 Å². The minimum Gasteiger partial charge on any atom is -0.464 e. The summed E-state index contributed by atoms with van der Waals surface area (Å²) in [5, 5.41) is 17.6. The van der Waals surface area contributed by atoms with Crippen LogP contribution in [0, 0.1) is 0 Å². The molecule has 0 unspecified atom stereocenters. The first-order valence-electron chi connectivity index (χ1n) is 28.4. The topological polar surface area (TPSA) is 202 Å². The maximum absolute atomic E-state index is 14.0. The molecule has 0 bridgehead atoms. The van der Waals surface area contributed by atoms with E-state index in [-0.39, 0.29) is 58.3 Å². The molecule has 3 aromatic rings. The summed E-state index contributed by atoms with van der Waals surface area (Å²) >= 11 is 0. The smallest absolute Gasteiger partial charge is 0.329 e. The molecular weight excluding hydrogens is 949 g/mol. The molecule has 3 aromatic carbocycles. The second-order valence-electron chi connectivity index (χ2n) is 20.2. The van der Waals surface area contributed by atoms with E-state index in [9.17, 15) is 28.8 Å². The molecule has 0 radical (unpaired) electrons. The summed E-state index contributed by atoms with van der Waals surface area (Å²) in [5.41, 5.74) is 2.53. The summed E-state index contributed by atoms with van der Waals surface area (Å²) in [6.45, 7) is 7.24. The molecule has 15 heteroatoms. The number of carbonyl (C=O) groups excluding carboxylic acids is 6. The van der Waals surface area contributed by atoms with Gasteiger partial charge in [0.2, 0.25) is 0 Å². The number of ether oxygens (including phenoxy) is 3. The number of nitrogens with one attached hydrogen (secondary N) is 6. The predicted octanol–water partition coefficient (Wildman–Crippen LogP) is 10.7. The number of amides is 6. The summed E-state index contributed by atoms with van der Waals surface area (Å²) in [6, 6.07) is 21.6. The van der Waals surface area contributed by atoms with Crippen molar-refractivity contribution in [1.82, 2.24) is 31.9 Å². The van der Waals surface area contributed by atoms with Crippen molar-refractivity contribution in [2.24, 2.45) is 0 Å². The van der Waals surface area contributed by atoms with Gasteiger partial charge >= 0.3 is 36.0 Å². The fraction of sp³-hybridized carbons (Fsp3) is 0.600. The van der Waals surface area contributed by atoms with E-state index in [1.165, 1.54) is 19.3 Å². The molecule has 75 heavy (non-hydrogen) atoms. The zero-order chi connectivity index (χ0) is 53.7. The molecule has 1 aliphatic carbocycles. The number of esters is 3. The van der Waals surface area contributed by atoms with Crippen LogP contribution in [0.5, 0.6) is 0 Å². The lowest BCUT2D eigenvalue weighted by Gasteiger charge is -2.36.